The number of hydrogen-bond acceptors (Lipinski definition) is 4. The molecule has 1 N–H and O–H groups in total. The molecule has 1 atom stereocenters. The number of phenolic OH excluding ortho intramolecular Hbond substituents is 1. The maximum atomic E-state index is 13.6. The van der Waals surface area contributed by atoms with Crippen LogP contribution in [0.3, 0.4) is 0 Å². The lowest BCUT2D eigenvalue weighted by Gasteiger charge is -2.42. The summed E-state index contributed by atoms with van der Waals surface area (Å²) < 4.78 is 94.1. The van der Waals surface area contributed by atoms with Gasteiger partial charge in [-0.3, -0.25) is 14.7 Å². The Morgan fingerprint density at radius 2 is 1.60 bits per heavy atom. The second-order valence-electron chi connectivity index (χ2n) is 9.70. The summed E-state index contributed by atoms with van der Waals surface area (Å²) in [6, 6.07) is 7.59. The highest BCUT2D eigenvalue weighted by atomic mass is 35.5. The van der Waals surface area contributed by atoms with Crippen molar-refractivity contribution in [3.8, 4) is 5.75 Å². The number of pyridine rings is 1. The number of benzene rings is 2. The van der Waals surface area contributed by atoms with Gasteiger partial charge >= 0.3 is 12.4 Å². The monoisotopic (exact) mass is 641 g/mol. The number of aromatic hydroxyl groups is 1. The molecule has 14 heteroatoms. The first-order valence-corrected chi connectivity index (χ1v) is 12.5. The van der Waals surface area contributed by atoms with Gasteiger partial charge in [0.1, 0.15) is 0 Å². The molecule has 1 saturated heterocycles. The fourth-order valence-corrected chi connectivity index (χ4v) is 4.82. The molecule has 42 heavy (non-hydrogen) atoms. The first kappa shape index (κ1) is 35.1. The van der Waals surface area contributed by atoms with E-state index in [0.717, 1.165) is 24.5 Å². The van der Waals surface area contributed by atoms with Crippen molar-refractivity contribution in [3.63, 3.8) is 0 Å². The quantitative estimate of drug-likeness (QED) is 0.288. The zero-order chi connectivity index (χ0) is 29.1. The van der Waals surface area contributed by atoms with Crippen LogP contribution in [0.1, 0.15) is 39.0 Å². The van der Waals surface area contributed by atoms with E-state index in [1.165, 1.54) is 17.0 Å². The van der Waals surface area contributed by atoms with Gasteiger partial charge in [-0.15, -0.1) is 24.8 Å². The van der Waals surface area contributed by atoms with Crippen LogP contribution < -0.4 is 0 Å². The number of amides is 1. The molecule has 3 aromatic rings. The number of piperazine rings is 1. The summed E-state index contributed by atoms with van der Waals surface area (Å²) in [6.07, 6.45) is -5.16. The van der Waals surface area contributed by atoms with Crippen LogP contribution in [0.25, 0.3) is 0 Å². The number of carbonyl (C=O) groups is 1. The topological polar surface area (TPSA) is 56.7 Å². The van der Waals surface area contributed by atoms with Crippen LogP contribution in [-0.4, -0.2) is 58.0 Å². The van der Waals surface area contributed by atoms with Crippen LogP contribution in [0.5, 0.6) is 5.75 Å². The van der Waals surface area contributed by atoms with Crippen molar-refractivity contribution >= 4 is 30.7 Å². The smallest absolute Gasteiger partial charge is 0.416 e. The number of phenols is 1. The molecule has 1 unspecified atom stereocenters. The van der Waals surface area contributed by atoms with Gasteiger partial charge < -0.3 is 10.0 Å². The SMILES string of the molecule is Cl.Cl.O=C(c1cc(C(F)(F)F)cc(C(F)(F)F)c1)N1CCN(CCCc2cccnc2)CC1Cc1ccc(F)c(O)c1. The van der Waals surface area contributed by atoms with Gasteiger partial charge in [0, 0.05) is 43.6 Å². The summed E-state index contributed by atoms with van der Waals surface area (Å²) in [5.41, 5.74) is -2.36. The fourth-order valence-electron chi connectivity index (χ4n) is 4.82. The summed E-state index contributed by atoms with van der Waals surface area (Å²) >= 11 is 0. The van der Waals surface area contributed by atoms with Crippen LogP contribution >= 0.6 is 24.8 Å². The van der Waals surface area contributed by atoms with Gasteiger partial charge in [0.15, 0.2) is 11.6 Å². The number of nitrogens with zero attached hydrogens (tertiary/aromatic N) is 3. The Morgan fingerprint density at radius 3 is 2.17 bits per heavy atom. The lowest BCUT2D eigenvalue weighted by molar-refractivity contribution is -0.143. The molecular weight excluding hydrogens is 614 g/mol. The zero-order valence-electron chi connectivity index (χ0n) is 22.0. The number of hydrogen-bond donors (Lipinski definition) is 1. The van der Waals surface area contributed by atoms with Gasteiger partial charge in [-0.2, -0.15) is 26.3 Å². The summed E-state index contributed by atoms with van der Waals surface area (Å²) in [5, 5.41) is 9.79. The molecule has 2 heterocycles. The highest BCUT2D eigenvalue weighted by Gasteiger charge is 2.39. The van der Waals surface area contributed by atoms with Gasteiger partial charge in [-0.05, 0) is 73.3 Å². The van der Waals surface area contributed by atoms with Gasteiger partial charge in [0.25, 0.3) is 5.91 Å². The first-order valence-electron chi connectivity index (χ1n) is 12.5. The Bertz CT molecular complexity index is 1310. The summed E-state index contributed by atoms with van der Waals surface area (Å²) in [4.78, 5) is 20.8. The van der Waals surface area contributed by atoms with Crippen molar-refractivity contribution in [2.45, 2.75) is 37.7 Å². The van der Waals surface area contributed by atoms with Crippen LogP contribution in [0.4, 0.5) is 30.7 Å². The third-order valence-electron chi connectivity index (χ3n) is 6.81. The van der Waals surface area contributed by atoms with E-state index in [1.54, 1.807) is 12.4 Å². The molecular formula is C28H28Cl2F7N3O2. The van der Waals surface area contributed by atoms with Gasteiger partial charge in [-0.25, -0.2) is 4.39 Å². The average Bonchev–Trinajstić information content (AvgIpc) is 2.90. The second kappa shape index (κ2) is 14.4. The predicted molar refractivity (Wildman–Crippen MR) is 147 cm³/mol. The molecule has 1 aliphatic heterocycles. The Balaban J connectivity index is 0.00000308. The predicted octanol–water partition coefficient (Wildman–Crippen LogP) is 6.81. The minimum Gasteiger partial charge on any atom is -0.505 e. The van der Waals surface area contributed by atoms with E-state index in [-0.39, 0.29) is 50.4 Å². The standard InChI is InChI=1S/C28H26F7N3O2.2ClH/c29-24-6-5-19(12-25(24)39)11-23-17-37(8-2-4-18-3-1-7-36-16-18)9-10-38(23)26(40)20-13-21(27(30,31)32)15-22(14-20)28(33,34)35;;/h1,3,5-7,12-16,23,39H,2,4,8-11,17H2;2*1H. The van der Waals surface area contributed by atoms with E-state index < -0.39 is 52.6 Å². The Hall–Kier alpha value is -3.09. The van der Waals surface area contributed by atoms with Crippen molar-refractivity contribution in [1.82, 2.24) is 14.8 Å². The first-order chi connectivity index (χ1) is 18.8. The fraction of sp³-hybridized carbons (Fsp3) is 0.357. The molecule has 1 fully saturated rings. The van der Waals surface area contributed by atoms with E-state index in [1.807, 2.05) is 12.1 Å². The number of aryl methyl sites for hydroxylation is 1. The Labute approximate surface area is 250 Å². The number of carbonyl (C=O) groups excluding carboxylic acids is 1. The zero-order valence-corrected chi connectivity index (χ0v) is 23.6. The Morgan fingerprint density at radius 1 is 0.929 bits per heavy atom. The molecule has 0 saturated carbocycles. The van der Waals surface area contributed by atoms with E-state index in [4.69, 9.17) is 0 Å². The minimum absolute atomic E-state index is 0. The third-order valence-corrected chi connectivity index (χ3v) is 6.81. The van der Waals surface area contributed by atoms with Crippen molar-refractivity contribution in [2.24, 2.45) is 0 Å². The van der Waals surface area contributed by atoms with Crippen molar-refractivity contribution in [2.75, 3.05) is 26.2 Å². The molecule has 0 bridgehead atoms. The minimum atomic E-state index is -5.09. The molecule has 5 nitrogen and oxygen atoms in total. The third kappa shape index (κ3) is 8.95. The van der Waals surface area contributed by atoms with Gasteiger partial charge in [-0.1, -0.05) is 12.1 Å². The van der Waals surface area contributed by atoms with Crippen LogP contribution in [-0.2, 0) is 25.2 Å². The van der Waals surface area contributed by atoms with E-state index in [2.05, 4.69) is 9.88 Å². The molecule has 2 aromatic carbocycles. The van der Waals surface area contributed by atoms with E-state index in [0.29, 0.717) is 30.8 Å². The number of alkyl halides is 6. The second-order valence-corrected chi connectivity index (χ2v) is 9.70. The number of halogens is 9. The largest absolute Gasteiger partial charge is 0.505 e. The molecule has 1 aliphatic rings. The maximum absolute atomic E-state index is 13.6. The normalized spacial score (nSPS) is 16.0. The van der Waals surface area contributed by atoms with E-state index >= 15 is 0 Å². The maximum Gasteiger partial charge on any atom is 0.416 e. The Kier molecular flexibility index (Phi) is 12.0. The van der Waals surface area contributed by atoms with Crippen molar-refractivity contribution in [1.29, 1.82) is 0 Å². The molecule has 1 amide bonds. The molecule has 230 valence electrons. The molecule has 4 rings (SSSR count). The van der Waals surface area contributed by atoms with E-state index in [9.17, 15) is 40.6 Å². The van der Waals surface area contributed by atoms with Crippen molar-refractivity contribution in [3.05, 3.63) is 94.6 Å². The molecule has 0 spiro atoms. The van der Waals surface area contributed by atoms with Crippen LogP contribution in [0, 0.1) is 5.82 Å². The number of aromatic nitrogens is 1. The lowest BCUT2D eigenvalue weighted by Crippen LogP contribution is -2.56. The summed E-state index contributed by atoms with van der Waals surface area (Å²) in [7, 11) is 0. The lowest BCUT2D eigenvalue weighted by atomic mass is 9.98. The molecule has 0 radical (unpaired) electrons. The summed E-state index contributed by atoms with van der Waals surface area (Å²) in [6.45, 7) is 1.32. The molecule has 1 aromatic heterocycles. The van der Waals surface area contributed by atoms with Gasteiger partial charge in [0.2, 0.25) is 0 Å². The average molecular weight is 642 g/mol. The number of rotatable bonds is 7. The highest BCUT2D eigenvalue weighted by molar-refractivity contribution is 5.95. The van der Waals surface area contributed by atoms with Gasteiger partial charge in [0.05, 0.1) is 11.1 Å². The summed E-state index contributed by atoms with van der Waals surface area (Å²) in [5.74, 6) is -2.42. The van der Waals surface area contributed by atoms with Crippen LogP contribution in [0.2, 0.25) is 0 Å². The van der Waals surface area contributed by atoms with Crippen LogP contribution in [0.15, 0.2) is 60.9 Å². The highest BCUT2D eigenvalue weighted by Crippen LogP contribution is 2.37. The van der Waals surface area contributed by atoms with Crippen molar-refractivity contribution < 1.29 is 40.6 Å². The molecule has 0 aliphatic carbocycles.